The van der Waals surface area contributed by atoms with Gasteiger partial charge in [-0.2, -0.15) is 4.99 Å². The highest BCUT2D eigenvalue weighted by molar-refractivity contribution is 8.15. The van der Waals surface area contributed by atoms with E-state index < -0.39 is 9.84 Å². The maximum absolute atomic E-state index is 13.1. The lowest BCUT2D eigenvalue weighted by Gasteiger charge is -2.24. The molecule has 8 heteroatoms. The Morgan fingerprint density at radius 1 is 1.25 bits per heavy atom. The van der Waals surface area contributed by atoms with Crippen LogP contribution in [0.2, 0.25) is 0 Å². The number of carbonyl (C=O) groups excluding carboxylic acids is 1. The summed E-state index contributed by atoms with van der Waals surface area (Å²) in [5, 5.41) is 0.530. The van der Waals surface area contributed by atoms with Gasteiger partial charge in [0.1, 0.15) is 5.82 Å². The first-order valence-corrected chi connectivity index (χ1v) is 10.6. The fourth-order valence-corrected chi connectivity index (χ4v) is 7.08. The van der Waals surface area contributed by atoms with Crippen LogP contribution >= 0.6 is 11.8 Å². The topological polar surface area (TPSA) is 66.8 Å². The van der Waals surface area contributed by atoms with Crippen molar-refractivity contribution in [1.82, 2.24) is 4.90 Å². The van der Waals surface area contributed by atoms with Gasteiger partial charge in [-0.25, -0.2) is 12.8 Å². The summed E-state index contributed by atoms with van der Waals surface area (Å²) in [7, 11) is -3.06. The molecule has 0 aromatic heterocycles. The first-order valence-electron chi connectivity index (χ1n) is 7.92. The summed E-state index contributed by atoms with van der Waals surface area (Å²) in [6.45, 7) is 0.431. The minimum Gasteiger partial charge on any atom is -0.342 e. The molecule has 1 aromatic rings. The number of rotatable bonds is 3. The van der Waals surface area contributed by atoms with Crippen LogP contribution < -0.4 is 0 Å². The molecule has 2 aliphatic heterocycles. The van der Waals surface area contributed by atoms with E-state index in [0.29, 0.717) is 11.7 Å². The molecule has 1 aliphatic carbocycles. The molecule has 4 rings (SSSR count). The van der Waals surface area contributed by atoms with Crippen LogP contribution in [0.25, 0.3) is 0 Å². The third-order valence-electron chi connectivity index (χ3n) is 4.57. The quantitative estimate of drug-likeness (QED) is 0.814. The highest BCUT2D eigenvalue weighted by Gasteiger charge is 2.49. The predicted molar refractivity (Wildman–Crippen MR) is 90.9 cm³/mol. The second kappa shape index (κ2) is 5.84. The highest BCUT2D eigenvalue weighted by Crippen LogP contribution is 2.40. The molecule has 24 heavy (non-hydrogen) atoms. The van der Waals surface area contributed by atoms with E-state index in [1.165, 1.54) is 23.9 Å². The summed E-state index contributed by atoms with van der Waals surface area (Å²) >= 11 is 1.39. The van der Waals surface area contributed by atoms with E-state index in [2.05, 4.69) is 4.99 Å². The number of carbonyl (C=O) groups is 1. The number of fused-ring (bicyclic) bond motifs is 1. The molecule has 2 unspecified atom stereocenters. The SMILES string of the molecule is O=C(N=C1SC2CS(=O)(=O)CC2N1Cc1ccc(F)cc1)C1CC1. The van der Waals surface area contributed by atoms with Crippen molar-refractivity contribution in [3.63, 3.8) is 0 Å². The summed E-state index contributed by atoms with van der Waals surface area (Å²) in [6.07, 6.45) is 1.78. The van der Waals surface area contributed by atoms with Gasteiger partial charge in [0.25, 0.3) is 5.91 Å². The minimum absolute atomic E-state index is 0.0370. The number of hydrogen-bond donors (Lipinski definition) is 0. The zero-order valence-electron chi connectivity index (χ0n) is 12.9. The van der Waals surface area contributed by atoms with E-state index in [9.17, 15) is 17.6 Å². The van der Waals surface area contributed by atoms with Crippen LogP contribution in [-0.4, -0.2) is 47.2 Å². The van der Waals surface area contributed by atoms with Gasteiger partial charge in [-0.05, 0) is 30.5 Å². The summed E-state index contributed by atoms with van der Waals surface area (Å²) in [4.78, 5) is 18.2. The molecular formula is C16H17FN2O3S2. The first-order chi connectivity index (χ1) is 11.4. The summed E-state index contributed by atoms with van der Waals surface area (Å²) in [6, 6.07) is 5.95. The molecule has 1 aromatic carbocycles. The Hall–Kier alpha value is -1.41. The van der Waals surface area contributed by atoms with E-state index in [0.717, 1.165) is 18.4 Å². The van der Waals surface area contributed by atoms with Crippen molar-refractivity contribution in [2.24, 2.45) is 10.9 Å². The number of aliphatic imine (C=N–C) groups is 1. The molecule has 2 atom stereocenters. The maximum Gasteiger partial charge on any atom is 0.251 e. The summed E-state index contributed by atoms with van der Waals surface area (Å²) in [5.41, 5.74) is 0.869. The highest BCUT2D eigenvalue weighted by atomic mass is 32.2. The number of hydrogen-bond acceptors (Lipinski definition) is 4. The number of nitrogens with zero attached hydrogens (tertiary/aromatic N) is 2. The maximum atomic E-state index is 13.1. The van der Waals surface area contributed by atoms with E-state index >= 15 is 0 Å². The minimum atomic E-state index is -3.06. The third-order valence-corrected chi connectivity index (χ3v) is 7.82. The monoisotopic (exact) mass is 368 g/mol. The Morgan fingerprint density at radius 2 is 1.96 bits per heavy atom. The Kier molecular flexibility index (Phi) is 3.91. The lowest BCUT2D eigenvalue weighted by Crippen LogP contribution is -2.37. The second-order valence-corrected chi connectivity index (χ2v) is 9.92. The molecule has 1 saturated carbocycles. The van der Waals surface area contributed by atoms with Gasteiger partial charge in [0, 0.05) is 17.7 Å². The largest absolute Gasteiger partial charge is 0.342 e. The average molecular weight is 368 g/mol. The lowest BCUT2D eigenvalue weighted by molar-refractivity contribution is -0.118. The fourth-order valence-electron chi connectivity index (χ4n) is 3.12. The lowest BCUT2D eigenvalue weighted by atomic mass is 10.1. The molecule has 0 spiro atoms. The van der Waals surface area contributed by atoms with Crippen LogP contribution in [0.1, 0.15) is 18.4 Å². The molecule has 1 amide bonds. The number of amides is 1. The van der Waals surface area contributed by atoms with Gasteiger partial charge in [-0.15, -0.1) is 0 Å². The smallest absolute Gasteiger partial charge is 0.251 e. The van der Waals surface area contributed by atoms with Crippen LogP contribution in [-0.2, 0) is 21.2 Å². The van der Waals surface area contributed by atoms with Crippen LogP contribution in [0.5, 0.6) is 0 Å². The van der Waals surface area contributed by atoms with Crippen molar-refractivity contribution < 1.29 is 17.6 Å². The number of thioether (sulfide) groups is 1. The van der Waals surface area contributed by atoms with Gasteiger partial charge < -0.3 is 4.90 Å². The van der Waals surface area contributed by atoms with Crippen molar-refractivity contribution >= 4 is 32.7 Å². The van der Waals surface area contributed by atoms with Gasteiger partial charge in [-0.3, -0.25) is 4.79 Å². The standard InChI is InChI=1S/C16H17FN2O3S2/c17-12-5-1-10(2-6-12)7-19-13-8-24(21,22)9-14(13)23-16(19)18-15(20)11-3-4-11/h1-2,5-6,11,13-14H,3-4,7-9H2. The molecule has 0 bridgehead atoms. The van der Waals surface area contributed by atoms with Gasteiger partial charge in [0.2, 0.25) is 0 Å². The van der Waals surface area contributed by atoms with Crippen molar-refractivity contribution in [3.8, 4) is 0 Å². The molecule has 0 radical (unpaired) electrons. The van der Waals surface area contributed by atoms with E-state index in [1.807, 2.05) is 4.90 Å². The average Bonchev–Trinajstić information content (AvgIpc) is 3.26. The molecule has 5 nitrogen and oxygen atoms in total. The molecule has 128 valence electrons. The molecule has 2 saturated heterocycles. The zero-order chi connectivity index (χ0) is 16.9. The molecule has 0 N–H and O–H groups in total. The van der Waals surface area contributed by atoms with Crippen molar-refractivity contribution in [3.05, 3.63) is 35.6 Å². The van der Waals surface area contributed by atoms with E-state index in [1.54, 1.807) is 12.1 Å². The zero-order valence-corrected chi connectivity index (χ0v) is 14.5. The second-order valence-electron chi connectivity index (χ2n) is 6.56. The summed E-state index contributed by atoms with van der Waals surface area (Å²) in [5.74, 6) is -0.172. The molecule has 3 fully saturated rings. The van der Waals surface area contributed by atoms with E-state index in [4.69, 9.17) is 0 Å². The fraction of sp³-hybridized carbons (Fsp3) is 0.500. The van der Waals surface area contributed by atoms with Crippen molar-refractivity contribution in [2.75, 3.05) is 11.5 Å². The predicted octanol–water partition coefficient (Wildman–Crippen LogP) is 1.83. The van der Waals surface area contributed by atoms with Crippen molar-refractivity contribution in [1.29, 1.82) is 0 Å². The van der Waals surface area contributed by atoms with E-state index in [-0.39, 0.29) is 40.4 Å². The normalized spacial score (nSPS) is 29.9. The van der Waals surface area contributed by atoms with Crippen LogP contribution in [0, 0.1) is 11.7 Å². The van der Waals surface area contributed by atoms with Gasteiger partial charge >= 0.3 is 0 Å². The van der Waals surface area contributed by atoms with Crippen molar-refractivity contribution in [2.45, 2.75) is 30.7 Å². The van der Waals surface area contributed by atoms with Crippen LogP contribution in [0.4, 0.5) is 4.39 Å². The molecule has 2 heterocycles. The Bertz CT molecular complexity index is 803. The summed E-state index contributed by atoms with van der Waals surface area (Å²) < 4.78 is 37.0. The van der Waals surface area contributed by atoms with Crippen LogP contribution in [0.15, 0.2) is 29.3 Å². The van der Waals surface area contributed by atoms with Crippen LogP contribution in [0.3, 0.4) is 0 Å². The number of sulfone groups is 1. The first kappa shape index (κ1) is 16.1. The number of benzene rings is 1. The molecular weight excluding hydrogens is 351 g/mol. The number of halogens is 1. The van der Waals surface area contributed by atoms with Gasteiger partial charge in [0.15, 0.2) is 15.0 Å². The van der Waals surface area contributed by atoms with Gasteiger partial charge in [0.05, 0.1) is 17.5 Å². The van der Waals surface area contributed by atoms with Gasteiger partial charge in [-0.1, -0.05) is 23.9 Å². The molecule has 3 aliphatic rings. The Morgan fingerprint density at radius 3 is 2.62 bits per heavy atom. The Balaban J connectivity index is 1.61. The Labute approximate surface area is 144 Å². The number of amidine groups is 1. The third kappa shape index (κ3) is 3.21.